The maximum absolute atomic E-state index is 13.0. The lowest BCUT2D eigenvalue weighted by molar-refractivity contribution is -0.0582. The van der Waals surface area contributed by atoms with Crippen LogP contribution in [0.1, 0.15) is 12.5 Å². The van der Waals surface area contributed by atoms with Crippen LogP contribution in [0.15, 0.2) is 19.0 Å². The molecule has 0 amide bonds. The lowest BCUT2D eigenvalue weighted by Crippen LogP contribution is -2.36. The van der Waals surface area contributed by atoms with Gasteiger partial charge in [-0.05, 0) is 0 Å². The number of hydrogen-bond acceptors (Lipinski definition) is 19. The second-order valence-corrected chi connectivity index (χ2v) is 12.6. The van der Waals surface area contributed by atoms with Crippen molar-refractivity contribution in [3.05, 3.63) is 19.0 Å². The van der Waals surface area contributed by atoms with E-state index in [1.54, 1.807) is 0 Å². The highest BCUT2D eigenvalue weighted by molar-refractivity contribution is 7.47. The van der Waals surface area contributed by atoms with Gasteiger partial charge in [0.05, 0.1) is 25.9 Å². The zero-order valence-electron chi connectivity index (χ0n) is 22.6. The summed E-state index contributed by atoms with van der Waals surface area (Å²) in [6, 6.07) is -0.824. The van der Waals surface area contributed by atoms with Crippen LogP contribution in [0.3, 0.4) is 0 Å². The largest absolute Gasteiger partial charge is 0.492 e. The highest BCUT2D eigenvalue weighted by Crippen LogP contribution is 2.50. The number of phosphoric ester groups is 2. The summed E-state index contributed by atoms with van der Waals surface area (Å²) in [6.45, 7) is -1.83. The van der Waals surface area contributed by atoms with Gasteiger partial charge in [0.25, 0.3) is 0 Å². The summed E-state index contributed by atoms with van der Waals surface area (Å²) < 4.78 is 52.3. The van der Waals surface area contributed by atoms with Crippen molar-refractivity contribution in [2.24, 2.45) is 0 Å². The first-order chi connectivity index (χ1) is 21.6. The van der Waals surface area contributed by atoms with Crippen LogP contribution >= 0.6 is 15.6 Å². The monoisotopic (exact) mass is 694 g/mol. The number of fused-ring (bicyclic) bond motifs is 2. The molecule has 2 saturated heterocycles. The number of hydrogen-bond donors (Lipinski definition) is 9. The normalized spacial score (nSPS) is 30.0. The fourth-order valence-electron chi connectivity index (χ4n) is 4.94. The van der Waals surface area contributed by atoms with Gasteiger partial charge in [0.1, 0.15) is 43.0 Å². The Kier molecular flexibility index (Phi) is 8.43. The first kappa shape index (κ1) is 32.5. The third-order valence-electron chi connectivity index (χ3n) is 6.99. The SMILES string of the molecule is O=P(O)(O)OC[C@H]1O[C@@H](n2cnc3c(O)ncnc32)[C@H](O)[C@@H]1OP(=O)(O)OC[C@H]1O[C@@H](n2cnc3c(O)nc(O)nc32)[C@H](O)[C@@H]1O. The molecule has 1 unspecified atom stereocenters. The molecule has 0 spiro atoms. The lowest BCUT2D eigenvalue weighted by atomic mass is 10.1. The van der Waals surface area contributed by atoms with Gasteiger partial charge in [-0.15, -0.1) is 0 Å². The van der Waals surface area contributed by atoms with Crippen LogP contribution in [-0.4, -0.2) is 134 Å². The van der Waals surface area contributed by atoms with Crippen LogP contribution in [0, 0.1) is 0 Å². The number of aliphatic hydroxyl groups is 3. The minimum Gasteiger partial charge on any atom is -0.492 e. The number of aromatic nitrogens is 8. The Morgan fingerprint density at radius 1 is 0.739 bits per heavy atom. The lowest BCUT2D eigenvalue weighted by Gasteiger charge is -2.24. The third kappa shape index (κ3) is 6.14. The van der Waals surface area contributed by atoms with Gasteiger partial charge in [0, 0.05) is 0 Å². The molecule has 6 heterocycles. The zero-order chi connectivity index (χ0) is 33.1. The van der Waals surface area contributed by atoms with E-state index < -0.39 is 95.7 Å². The molecule has 4 aromatic rings. The van der Waals surface area contributed by atoms with Gasteiger partial charge < -0.3 is 54.8 Å². The molecule has 0 aromatic carbocycles. The van der Waals surface area contributed by atoms with Crippen molar-refractivity contribution < 1.29 is 77.5 Å². The smallest absolute Gasteiger partial charge is 0.472 e. The quantitative estimate of drug-likeness (QED) is 0.0761. The molecule has 9 atom stereocenters. The van der Waals surface area contributed by atoms with Crippen molar-refractivity contribution >= 4 is 38.0 Å². The van der Waals surface area contributed by atoms with Crippen molar-refractivity contribution in [1.82, 2.24) is 39.0 Å². The van der Waals surface area contributed by atoms with Crippen LogP contribution < -0.4 is 0 Å². The standard InChI is InChI=1S/C20H24N8O16P2/c29-10-6(42-18(11(10)30)28-5-24-9-15(28)25-20(34)26-17(9)33)1-41-46(38,39)44-13-7(2-40-45(35,36)37)43-19(12(13)31)27-4-23-8-14(27)21-3-22-16(8)32/h3-7,10-13,18-19,29-31H,1-2H2,(H,38,39)(H,21,22,32)(H2,35,36,37)(H2,25,26,33,34)/t6-,7-,10-,11-,12-,13-,18-,19-/m1/s1. The Morgan fingerprint density at radius 2 is 1.35 bits per heavy atom. The number of rotatable bonds is 10. The summed E-state index contributed by atoms with van der Waals surface area (Å²) in [5, 5.41) is 61.6. The molecular weight excluding hydrogens is 670 g/mol. The summed E-state index contributed by atoms with van der Waals surface area (Å²) in [4.78, 5) is 51.2. The van der Waals surface area contributed by atoms with Crippen molar-refractivity contribution in [1.29, 1.82) is 0 Å². The van der Waals surface area contributed by atoms with Crippen LogP contribution in [0.4, 0.5) is 0 Å². The van der Waals surface area contributed by atoms with Gasteiger partial charge in [0.15, 0.2) is 34.8 Å². The average molecular weight is 694 g/mol. The molecule has 0 bridgehead atoms. The predicted octanol–water partition coefficient (Wildman–Crippen LogP) is -2.73. The molecule has 2 aliphatic rings. The first-order valence-electron chi connectivity index (χ1n) is 12.8. The van der Waals surface area contributed by atoms with Crippen molar-refractivity contribution in [3.8, 4) is 17.8 Å². The molecule has 26 heteroatoms. The van der Waals surface area contributed by atoms with Gasteiger partial charge >= 0.3 is 21.7 Å². The zero-order valence-corrected chi connectivity index (χ0v) is 24.4. The fourth-order valence-corrected chi connectivity index (χ4v) is 6.24. The van der Waals surface area contributed by atoms with E-state index in [0.717, 1.165) is 28.1 Å². The molecular formula is C20H24N8O16P2. The number of imidazole rings is 2. The second-order valence-electron chi connectivity index (χ2n) is 9.92. The van der Waals surface area contributed by atoms with Gasteiger partial charge in [-0.2, -0.15) is 15.0 Å². The molecule has 6 rings (SSSR count). The summed E-state index contributed by atoms with van der Waals surface area (Å²) in [7, 11) is -10.3. The van der Waals surface area contributed by atoms with E-state index in [1.165, 1.54) is 0 Å². The van der Waals surface area contributed by atoms with E-state index in [0.29, 0.717) is 0 Å². The van der Waals surface area contributed by atoms with Crippen LogP contribution in [0.5, 0.6) is 17.8 Å². The summed E-state index contributed by atoms with van der Waals surface area (Å²) >= 11 is 0. The Hall–Kier alpha value is -3.48. The molecule has 24 nitrogen and oxygen atoms in total. The molecule has 46 heavy (non-hydrogen) atoms. The van der Waals surface area contributed by atoms with Gasteiger partial charge in [0.2, 0.25) is 11.8 Å². The molecule has 9 N–H and O–H groups in total. The highest BCUT2D eigenvalue weighted by Gasteiger charge is 2.51. The minimum atomic E-state index is -5.23. The Morgan fingerprint density at radius 3 is 2.04 bits per heavy atom. The number of aliphatic hydroxyl groups excluding tert-OH is 3. The van der Waals surface area contributed by atoms with Crippen molar-refractivity contribution in [2.75, 3.05) is 13.2 Å². The van der Waals surface area contributed by atoms with Gasteiger partial charge in [-0.1, -0.05) is 0 Å². The van der Waals surface area contributed by atoms with Crippen molar-refractivity contribution in [3.63, 3.8) is 0 Å². The van der Waals surface area contributed by atoms with E-state index in [1.807, 2.05) is 0 Å². The molecule has 0 aliphatic carbocycles. The Bertz CT molecular complexity index is 1850. The average Bonchev–Trinajstić information content (AvgIpc) is 3.73. The number of nitrogens with zero attached hydrogens (tertiary/aromatic N) is 8. The van der Waals surface area contributed by atoms with E-state index in [2.05, 4.69) is 34.4 Å². The van der Waals surface area contributed by atoms with E-state index >= 15 is 0 Å². The molecule has 4 aromatic heterocycles. The predicted molar refractivity (Wildman–Crippen MR) is 140 cm³/mol. The molecule has 0 saturated carbocycles. The summed E-state index contributed by atoms with van der Waals surface area (Å²) in [5.74, 6) is -1.18. The van der Waals surface area contributed by atoms with E-state index in [9.17, 15) is 44.7 Å². The summed E-state index contributed by atoms with van der Waals surface area (Å²) in [5.41, 5.74) is -0.489. The van der Waals surface area contributed by atoms with Gasteiger partial charge in [-0.3, -0.25) is 22.7 Å². The first-order valence-corrected chi connectivity index (χ1v) is 15.9. The topological polar surface area (TPSA) is 350 Å². The molecule has 250 valence electrons. The second kappa shape index (κ2) is 12.0. The third-order valence-corrected chi connectivity index (χ3v) is 8.46. The minimum absolute atomic E-state index is 0.0432. The summed E-state index contributed by atoms with van der Waals surface area (Å²) in [6.07, 6.45) is -10.0. The number of phosphoric acid groups is 2. The Balaban J connectivity index is 1.17. The highest BCUT2D eigenvalue weighted by atomic mass is 31.2. The Labute approximate surface area is 253 Å². The maximum Gasteiger partial charge on any atom is 0.472 e. The van der Waals surface area contributed by atoms with Gasteiger partial charge in [-0.25, -0.2) is 24.1 Å². The van der Waals surface area contributed by atoms with Crippen LogP contribution in [0.25, 0.3) is 22.3 Å². The molecule has 2 fully saturated rings. The van der Waals surface area contributed by atoms with Crippen LogP contribution in [-0.2, 0) is 32.2 Å². The van der Waals surface area contributed by atoms with Crippen molar-refractivity contribution in [2.45, 2.75) is 49.1 Å². The number of ether oxygens (including phenoxy) is 2. The van der Waals surface area contributed by atoms with E-state index in [4.69, 9.17) is 28.3 Å². The molecule has 0 radical (unpaired) electrons. The van der Waals surface area contributed by atoms with Crippen LogP contribution in [0.2, 0.25) is 0 Å². The molecule has 2 aliphatic heterocycles. The maximum atomic E-state index is 13.0. The fraction of sp³-hybridized carbons (Fsp3) is 0.500. The number of aromatic hydroxyl groups is 3. The van der Waals surface area contributed by atoms with E-state index in [-0.39, 0.29) is 22.3 Å².